The average molecular weight is 229 g/mol. The van der Waals surface area contributed by atoms with Crippen LogP contribution in [0.3, 0.4) is 0 Å². The van der Waals surface area contributed by atoms with Crippen molar-refractivity contribution >= 4 is 16.8 Å². The van der Waals surface area contributed by atoms with E-state index in [0.717, 1.165) is 22.2 Å². The van der Waals surface area contributed by atoms with Gasteiger partial charge < -0.3 is 11.1 Å². The summed E-state index contributed by atoms with van der Waals surface area (Å²) in [4.78, 5) is 15.0. The number of pyridine rings is 1. The van der Waals surface area contributed by atoms with Gasteiger partial charge in [0.25, 0.3) is 0 Å². The Labute approximate surface area is 99.8 Å². The third kappa shape index (κ3) is 3.01. The number of nitrogens with zero attached hydrogens (tertiary/aromatic N) is 1. The first-order valence-electron chi connectivity index (χ1n) is 5.50. The Kier molecular flexibility index (Phi) is 3.35. The molecule has 0 aliphatic heterocycles. The van der Waals surface area contributed by atoms with Gasteiger partial charge in [-0.1, -0.05) is 12.1 Å². The number of benzene rings is 1. The minimum Gasteiger partial charge on any atom is -0.369 e. The van der Waals surface area contributed by atoms with Gasteiger partial charge >= 0.3 is 0 Å². The fourth-order valence-corrected chi connectivity index (χ4v) is 1.72. The van der Waals surface area contributed by atoms with Crippen molar-refractivity contribution in [1.82, 2.24) is 10.3 Å². The first kappa shape index (κ1) is 11.5. The van der Waals surface area contributed by atoms with Crippen molar-refractivity contribution in [3.05, 3.63) is 41.6 Å². The number of carbonyl (C=O) groups is 1. The van der Waals surface area contributed by atoms with Crippen LogP contribution in [0.2, 0.25) is 0 Å². The fourth-order valence-electron chi connectivity index (χ4n) is 1.72. The highest BCUT2D eigenvalue weighted by Gasteiger charge is 1.99. The number of nitrogens with two attached hydrogens (primary N) is 1. The lowest BCUT2D eigenvalue weighted by Gasteiger charge is -2.05. The highest BCUT2D eigenvalue weighted by molar-refractivity contribution is 5.79. The van der Waals surface area contributed by atoms with Gasteiger partial charge in [0.2, 0.25) is 5.91 Å². The molecule has 0 atom stereocenters. The Hall–Kier alpha value is -1.94. The van der Waals surface area contributed by atoms with E-state index in [2.05, 4.69) is 22.4 Å². The summed E-state index contributed by atoms with van der Waals surface area (Å²) in [5, 5.41) is 4.09. The van der Waals surface area contributed by atoms with Crippen LogP contribution < -0.4 is 11.1 Å². The van der Waals surface area contributed by atoms with Crippen molar-refractivity contribution in [2.75, 3.05) is 6.54 Å². The number of rotatable bonds is 4. The van der Waals surface area contributed by atoms with Crippen LogP contribution in [0, 0.1) is 6.92 Å². The normalized spacial score (nSPS) is 10.6. The quantitative estimate of drug-likeness (QED) is 0.825. The van der Waals surface area contributed by atoms with Crippen LogP contribution in [0.1, 0.15) is 11.3 Å². The second kappa shape index (κ2) is 4.93. The highest BCUT2D eigenvalue weighted by atomic mass is 16.1. The maximum atomic E-state index is 10.6. The molecule has 17 heavy (non-hydrogen) atoms. The number of carbonyl (C=O) groups excluding carboxylic acids is 1. The summed E-state index contributed by atoms with van der Waals surface area (Å²) in [5.74, 6) is -0.344. The smallest absolute Gasteiger partial charge is 0.231 e. The SMILES string of the molecule is Cc1ccc2cc(CNCC(N)=O)ccc2n1. The lowest BCUT2D eigenvalue weighted by molar-refractivity contribution is -0.117. The molecule has 4 heteroatoms. The average Bonchev–Trinajstić information content (AvgIpc) is 2.29. The van der Waals surface area contributed by atoms with Crippen molar-refractivity contribution in [2.45, 2.75) is 13.5 Å². The van der Waals surface area contributed by atoms with E-state index in [-0.39, 0.29) is 12.5 Å². The number of hydrogen-bond acceptors (Lipinski definition) is 3. The van der Waals surface area contributed by atoms with Crippen LogP contribution in [0.4, 0.5) is 0 Å². The van der Waals surface area contributed by atoms with Crippen LogP contribution in [-0.4, -0.2) is 17.4 Å². The summed E-state index contributed by atoms with van der Waals surface area (Å²) in [5.41, 5.74) is 8.17. The standard InChI is InChI=1S/C13H15N3O/c1-9-2-4-11-6-10(3-5-12(11)16-9)7-15-8-13(14)17/h2-6,15H,7-8H2,1H3,(H2,14,17). The maximum Gasteiger partial charge on any atom is 0.231 e. The van der Waals surface area contributed by atoms with Gasteiger partial charge in [-0.25, -0.2) is 0 Å². The molecule has 1 amide bonds. The molecule has 4 nitrogen and oxygen atoms in total. The molecule has 0 radical (unpaired) electrons. The van der Waals surface area contributed by atoms with E-state index in [1.807, 2.05) is 25.1 Å². The summed E-state index contributed by atoms with van der Waals surface area (Å²) >= 11 is 0. The minimum atomic E-state index is -0.344. The molecule has 0 bridgehead atoms. The number of primary amides is 1. The predicted molar refractivity (Wildman–Crippen MR) is 67.4 cm³/mol. The zero-order chi connectivity index (χ0) is 12.3. The second-order valence-corrected chi connectivity index (χ2v) is 4.05. The van der Waals surface area contributed by atoms with Gasteiger partial charge in [0.1, 0.15) is 0 Å². The van der Waals surface area contributed by atoms with Gasteiger partial charge in [0.05, 0.1) is 12.1 Å². The zero-order valence-corrected chi connectivity index (χ0v) is 9.73. The van der Waals surface area contributed by atoms with E-state index in [9.17, 15) is 4.79 Å². The van der Waals surface area contributed by atoms with E-state index in [4.69, 9.17) is 5.73 Å². The predicted octanol–water partition coefficient (Wildman–Crippen LogP) is 1.12. The Morgan fingerprint density at radius 3 is 2.94 bits per heavy atom. The highest BCUT2D eigenvalue weighted by Crippen LogP contribution is 2.14. The molecule has 1 aromatic heterocycles. The number of fused-ring (bicyclic) bond motifs is 1. The van der Waals surface area contributed by atoms with Crippen LogP contribution in [0.5, 0.6) is 0 Å². The Balaban J connectivity index is 2.14. The molecular weight excluding hydrogens is 214 g/mol. The Morgan fingerprint density at radius 2 is 2.18 bits per heavy atom. The van der Waals surface area contributed by atoms with Gasteiger partial charge in [-0.2, -0.15) is 0 Å². The van der Waals surface area contributed by atoms with Crippen molar-refractivity contribution in [2.24, 2.45) is 5.73 Å². The molecule has 2 rings (SSSR count). The van der Waals surface area contributed by atoms with E-state index >= 15 is 0 Å². The zero-order valence-electron chi connectivity index (χ0n) is 9.73. The van der Waals surface area contributed by atoms with Crippen LogP contribution in [0.15, 0.2) is 30.3 Å². The van der Waals surface area contributed by atoms with E-state index in [1.165, 1.54) is 0 Å². The third-order valence-electron chi connectivity index (χ3n) is 2.52. The summed E-state index contributed by atoms with van der Waals surface area (Å²) in [6.07, 6.45) is 0. The van der Waals surface area contributed by atoms with Gasteiger partial charge in [0.15, 0.2) is 0 Å². The summed E-state index contributed by atoms with van der Waals surface area (Å²) < 4.78 is 0. The van der Waals surface area contributed by atoms with Gasteiger partial charge in [0, 0.05) is 17.6 Å². The minimum absolute atomic E-state index is 0.199. The molecule has 3 N–H and O–H groups in total. The molecule has 0 aliphatic carbocycles. The third-order valence-corrected chi connectivity index (χ3v) is 2.52. The van der Waals surface area contributed by atoms with Crippen LogP contribution in [-0.2, 0) is 11.3 Å². The molecule has 88 valence electrons. The van der Waals surface area contributed by atoms with Crippen molar-refractivity contribution < 1.29 is 4.79 Å². The molecule has 0 spiro atoms. The largest absolute Gasteiger partial charge is 0.369 e. The molecule has 0 saturated heterocycles. The number of aryl methyl sites for hydroxylation is 1. The summed E-state index contributed by atoms with van der Waals surface area (Å²) in [6, 6.07) is 10.1. The van der Waals surface area contributed by atoms with Crippen molar-refractivity contribution in [1.29, 1.82) is 0 Å². The molecule has 0 saturated carbocycles. The van der Waals surface area contributed by atoms with Crippen molar-refractivity contribution in [3.8, 4) is 0 Å². The van der Waals surface area contributed by atoms with Crippen molar-refractivity contribution in [3.63, 3.8) is 0 Å². The number of hydrogen-bond donors (Lipinski definition) is 2. The summed E-state index contributed by atoms with van der Waals surface area (Å²) in [7, 11) is 0. The number of nitrogens with one attached hydrogen (secondary N) is 1. The fraction of sp³-hybridized carbons (Fsp3) is 0.231. The molecule has 0 fully saturated rings. The summed E-state index contributed by atoms with van der Waals surface area (Å²) in [6.45, 7) is 2.80. The molecule has 1 heterocycles. The lowest BCUT2D eigenvalue weighted by Crippen LogP contribution is -2.28. The van der Waals surface area contributed by atoms with Crippen LogP contribution >= 0.6 is 0 Å². The maximum absolute atomic E-state index is 10.6. The number of aromatic nitrogens is 1. The molecular formula is C13H15N3O. The first-order valence-corrected chi connectivity index (χ1v) is 5.50. The van der Waals surface area contributed by atoms with Crippen LogP contribution in [0.25, 0.3) is 10.9 Å². The molecule has 0 aliphatic rings. The first-order chi connectivity index (χ1) is 8.15. The topological polar surface area (TPSA) is 68.0 Å². The lowest BCUT2D eigenvalue weighted by atomic mass is 10.1. The second-order valence-electron chi connectivity index (χ2n) is 4.05. The van der Waals surface area contributed by atoms with E-state index in [1.54, 1.807) is 0 Å². The molecule has 0 unspecified atom stereocenters. The van der Waals surface area contributed by atoms with Gasteiger partial charge in [-0.15, -0.1) is 0 Å². The van der Waals surface area contributed by atoms with E-state index in [0.29, 0.717) is 6.54 Å². The monoisotopic (exact) mass is 229 g/mol. The molecule has 1 aromatic carbocycles. The number of amides is 1. The van der Waals surface area contributed by atoms with E-state index < -0.39 is 0 Å². The molecule has 2 aromatic rings. The Morgan fingerprint density at radius 1 is 1.35 bits per heavy atom. The van der Waals surface area contributed by atoms with Gasteiger partial charge in [-0.05, 0) is 30.7 Å². The van der Waals surface area contributed by atoms with Gasteiger partial charge in [-0.3, -0.25) is 9.78 Å². The Bertz CT molecular complexity index is 551.